The van der Waals surface area contributed by atoms with Crippen molar-refractivity contribution in [3.05, 3.63) is 42.2 Å². The summed E-state index contributed by atoms with van der Waals surface area (Å²) < 4.78 is 0. The molecular weight excluding hydrogens is 336 g/mol. The Morgan fingerprint density at radius 1 is 1.22 bits per heavy atom. The van der Waals surface area contributed by atoms with Crippen LogP contribution < -0.4 is 4.90 Å². The number of hydrogen-bond donors (Lipinski definition) is 1. The molecule has 1 saturated carbocycles. The molecule has 1 N–H and O–H groups in total. The van der Waals surface area contributed by atoms with Crippen LogP contribution in [-0.4, -0.2) is 33.8 Å². The zero-order valence-corrected chi connectivity index (χ0v) is 16.0. The second kappa shape index (κ2) is 5.65. The number of anilines is 1. The van der Waals surface area contributed by atoms with Crippen molar-refractivity contribution in [2.45, 2.75) is 27.2 Å². The summed E-state index contributed by atoms with van der Waals surface area (Å²) in [7, 11) is 0. The Hall–Kier alpha value is -2.69. The minimum absolute atomic E-state index is 0.0743. The molecule has 1 aliphatic carbocycles. The number of Topliss-reactive ketones (excluding diaryl/α,β-unsaturated/α-hetero) is 1. The highest BCUT2D eigenvalue weighted by atomic mass is 16.1. The molecule has 5 rings (SSSR count). The number of nitrogens with one attached hydrogen (secondary N) is 1. The van der Waals surface area contributed by atoms with Crippen molar-refractivity contribution in [1.29, 1.82) is 0 Å². The quantitative estimate of drug-likeness (QED) is 0.707. The van der Waals surface area contributed by atoms with Gasteiger partial charge in [-0.3, -0.25) is 4.79 Å². The number of aromatic nitrogens is 3. The van der Waals surface area contributed by atoms with E-state index in [0.29, 0.717) is 16.7 Å². The number of fused-ring (bicyclic) bond motifs is 2. The van der Waals surface area contributed by atoms with Gasteiger partial charge in [-0.2, -0.15) is 0 Å². The second-order valence-electron chi connectivity index (χ2n) is 8.95. The lowest BCUT2D eigenvalue weighted by Crippen LogP contribution is -2.21. The molecule has 0 radical (unpaired) electrons. The molecule has 1 aliphatic heterocycles. The number of benzene rings is 1. The van der Waals surface area contributed by atoms with Gasteiger partial charge in [-0.05, 0) is 30.4 Å². The Balaban J connectivity index is 1.52. The highest BCUT2D eigenvalue weighted by Gasteiger charge is 2.45. The van der Waals surface area contributed by atoms with Gasteiger partial charge in [0.1, 0.15) is 5.52 Å². The number of ketones is 1. The van der Waals surface area contributed by atoms with Gasteiger partial charge in [-0.1, -0.05) is 32.9 Å². The van der Waals surface area contributed by atoms with E-state index in [2.05, 4.69) is 39.1 Å². The van der Waals surface area contributed by atoms with Crippen LogP contribution in [0.2, 0.25) is 0 Å². The van der Waals surface area contributed by atoms with E-state index in [4.69, 9.17) is 4.98 Å². The van der Waals surface area contributed by atoms with Gasteiger partial charge in [0.15, 0.2) is 11.4 Å². The van der Waals surface area contributed by atoms with Crippen LogP contribution in [0.25, 0.3) is 22.4 Å². The average Bonchev–Trinajstić information content (AvgIpc) is 3.07. The molecule has 0 spiro atoms. The molecule has 0 bridgehead atoms. The highest BCUT2D eigenvalue weighted by molar-refractivity contribution is 6.08. The van der Waals surface area contributed by atoms with Crippen molar-refractivity contribution in [1.82, 2.24) is 15.0 Å². The summed E-state index contributed by atoms with van der Waals surface area (Å²) in [6.07, 6.45) is 4.91. The Morgan fingerprint density at radius 3 is 2.74 bits per heavy atom. The summed E-state index contributed by atoms with van der Waals surface area (Å²) in [6, 6.07) is 8.51. The first-order valence-electron chi connectivity index (χ1n) is 9.64. The molecule has 1 aromatic carbocycles. The number of carbonyl (C=O) groups is 1. The van der Waals surface area contributed by atoms with Crippen LogP contribution in [0.5, 0.6) is 0 Å². The highest BCUT2D eigenvalue weighted by Crippen LogP contribution is 2.46. The zero-order valence-electron chi connectivity index (χ0n) is 16.0. The largest absolute Gasteiger partial charge is 0.371 e. The molecule has 3 heterocycles. The number of hydrogen-bond acceptors (Lipinski definition) is 4. The van der Waals surface area contributed by atoms with Gasteiger partial charge in [0.05, 0.1) is 17.5 Å². The van der Waals surface area contributed by atoms with Crippen LogP contribution in [-0.2, 0) is 0 Å². The summed E-state index contributed by atoms with van der Waals surface area (Å²) in [6.45, 7) is 8.11. The topological polar surface area (TPSA) is 61.9 Å². The predicted molar refractivity (Wildman–Crippen MR) is 107 cm³/mol. The van der Waals surface area contributed by atoms with E-state index in [1.54, 1.807) is 12.4 Å². The number of nitrogens with zero attached hydrogens (tertiary/aromatic N) is 3. The number of rotatable bonds is 3. The third kappa shape index (κ3) is 2.82. The fourth-order valence-electron chi connectivity index (χ4n) is 4.08. The molecule has 5 nitrogen and oxygen atoms in total. The molecule has 2 fully saturated rings. The maximum absolute atomic E-state index is 12.8. The Labute approximate surface area is 158 Å². The molecule has 3 aromatic rings. The van der Waals surface area contributed by atoms with Gasteiger partial charge in [0.25, 0.3) is 0 Å². The summed E-state index contributed by atoms with van der Waals surface area (Å²) in [4.78, 5) is 27.6. The fraction of sp³-hybridized carbons (Fsp3) is 0.409. The summed E-state index contributed by atoms with van der Waals surface area (Å²) in [5.74, 6) is 1.87. The molecule has 2 atom stereocenters. The van der Waals surface area contributed by atoms with Gasteiger partial charge in [-0.25, -0.2) is 9.97 Å². The maximum atomic E-state index is 12.8. The minimum Gasteiger partial charge on any atom is -0.371 e. The second-order valence-corrected chi connectivity index (χ2v) is 8.95. The van der Waals surface area contributed by atoms with Gasteiger partial charge >= 0.3 is 0 Å². The summed E-state index contributed by atoms with van der Waals surface area (Å²) in [5, 5.41) is 0. The normalized spacial score (nSPS) is 21.5. The third-order valence-corrected chi connectivity index (χ3v) is 5.79. The van der Waals surface area contributed by atoms with Gasteiger partial charge < -0.3 is 9.88 Å². The van der Waals surface area contributed by atoms with E-state index >= 15 is 0 Å². The average molecular weight is 360 g/mol. The van der Waals surface area contributed by atoms with Gasteiger partial charge in [-0.15, -0.1) is 0 Å². The van der Waals surface area contributed by atoms with Gasteiger partial charge in [0.2, 0.25) is 0 Å². The standard InChI is InChI=1S/C22H24N4O/c1-22(2,3)20(27)17-9-23-21-19(17)25-18(10-24-21)13-5-4-6-16(8-13)26-11-14-7-15(14)12-26/h4-6,8-10,14-15H,7,11-12H2,1-3H3,(H,23,24)/t14-,15?/m0/s1. The van der Waals surface area contributed by atoms with Crippen LogP contribution in [0.3, 0.4) is 0 Å². The van der Waals surface area contributed by atoms with Crippen molar-refractivity contribution in [2.75, 3.05) is 18.0 Å². The molecule has 1 saturated heterocycles. The van der Waals surface area contributed by atoms with E-state index in [9.17, 15) is 4.79 Å². The molecular formula is C22H24N4O. The van der Waals surface area contributed by atoms with Crippen LogP contribution in [0.15, 0.2) is 36.7 Å². The Morgan fingerprint density at radius 2 is 2.00 bits per heavy atom. The molecule has 0 amide bonds. The number of aromatic amines is 1. The monoisotopic (exact) mass is 360 g/mol. The first-order chi connectivity index (χ1) is 12.9. The SMILES string of the molecule is CC(C)(C)C(=O)c1c[nH]c2ncc(-c3cccc(N4CC5C[C@H]5C4)c3)nc12. The van der Waals surface area contributed by atoms with Crippen molar-refractivity contribution < 1.29 is 4.79 Å². The fourth-order valence-corrected chi connectivity index (χ4v) is 4.08. The van der Waals surface area contributed by atoms with Crippen molar-refractivity contribution in [2.24, 2.45) is 17.3 Å². The lowest BCUT2D eigenvalue weighted by atomic mass is 9.87. The smallest absolute Gasteiger partial charge is 0.171 e. The van der Waals surface area contributed by atoms with E-state index in [-0.39, 0.29) is 5.78 Å². The van der Waals surface area contributed by atoms with E-state index in [0.717, 1.165) is 23.1 Å². The molecule has 138 valence electrons. The molecule has 5 heteroatoms. The van der Waals surface area contributed by atoms with Crippen LogP contribution in [0.1, 0.15) is 37.6 Å². The molecule has 27 heavy (non-hydrogen) atoms. The van der Waals surface area contributed by atoms with Crippen LogP contribution in [0, 0.1) is 17.3 Å². The Kier molecular flexibility index (Phi) is 3.45. The van der Waals surface area contributed by atoms with E-state index in [1.165, 1.54) is 25.2 Å². The lowest BCUT2D eigenvalue weighted by molar-refractivity contribution is 0.0860. The lowest BCUT2D eigenvalue weighted by Gasteiger charge is -2.20. The van der Waals surface area contributed by atoms with Crippen molar-refractivity contribution in [3.8, 4) is 11.3 Å². The van der Waals surface area contributed by atoms with Crippen LogP contribution in [0.4, 0.5) is 5.69 Å². The molecule has 1 unspecified atom stereocenters. The first kappa shape index (κ1) is 16.5. The Bertz CT molecular complexity index is 1040. The van der Waals surface area contributed by atoms with Crippen molar-refractivity contribution >= 4 is 22.6 Å². The number of piperidine rings is 1. The van der Waals surface area contributed by atoms with Gasteiger partial charge in [0, 0.05) is 36.0 Å². The first-order valence-corrected chi connectivity index (χ1v) is 9.64. The zero-order chi connectivity index (χ0) is 18.8. The third-order valence-electron chi connectivity index (χ3n) is 5.79. The molecule has 2 aliphatic rings. The summed E-state index contributed by atoms with van der Waals surface area (Å²) >= 11 is 0. The minimum atomic E-state index is -0.455. The number of H-pyrrole nitrogens is 1. The molecule has 2 aromatic heterocycles. The number of carbonyl (C=O) groups excluding carboxylic acids is 1. The van der Waals surface area contributed by atoms with Crippen LogP contribution >= 0.6 is 0 Å². The maximum Gasteiger partial charge on any atom is 0.171 e. The summed E-state index contributed by atoms with van der Waals surface area (Å²) in [5.41, 5.74) is 4.56. The predicted octanol–water partition coefficient (Wildman–Crippen LogP) is 4.31. The van der Waals surface area contributed by atoms with E-state index in [1.807, 2.05) is 20.8 Å². The van der Waals surface area contributed by atoms with Crippen molar-refractivity contribution in [3.63, 3.8) is 0 Å². The van der Waals surface area contributed by atoms with E-state index < -0.39 is 5.41 Å².